The Balaban J connectivity index is 2.33. The Bertz CT molecular complexity index is 530. The summed E-state index contributed by atoms with van der Waals surface area (Å²) in [6.07, 6.45) is 0.875. The van der Waals surface area contributed by atoms with Gasteiger partial charge in [0, 0.05) is 0 Å². The Morgan fingerprint density at radius 2 is 1.94 bits per heavy atom. The Kier molecular flexibility index (Phi) is 2.95. The van der Waals surface area contributed by atoms with Crippen LogP contribution in [0.15, 0.2) is 24.3 Å². The zero-order chi connectivity index (χ0) is 12.6. The maximum absolute atomic E-state index is 11.6. The lowest BCUT2D eigenvalue weighted by atomic mass is 9.98. The van der Waals surface area contributed by atoms with Crippen LogP contribution in [0.1, 0.15) is 23.3 Å². The molecule has 1 fully saturated rings. The van der Waals surface area contributed by atoms with E-state index in [0.29, 0.717) is 5.56 Å². The van der Waals surface area contributed by atoms with E-state index in [0.717, 1.165) is 12.0 Å². The monoisotopic (exact) mass is 254 g/mol. The molecule has 0 bridgehead atoms. The highest BCUT2D eigenvalue weighted by Crippen LogP contribution is 2.41. The molecule has 92 valence electrons. The van der Waals surface area contributed by atoms with Crippen molar-refractivity contribution in [3.8, 4) is 0 Å². The Morgan fingerprint density at radius 1 is 1.35 bits per heavy atom. The van der Waals surface area contributed by atoms with Crippen molar-refractivity contribution in [3.63, 3.8) is 0 Å². The van der Waals surface area contributed by atoms with Gasteiger partial charge in [0.2, 0.25) is 0 Å². The molecular weight excluding hydrogens is 240 g/mol. The Labute approximate surface area is 100 Å². The largest absolute Gasteiger partial charge is 0.481 e. The highest BCUT2D eigenvalue weighted by Gasteiger charge is 2.50. The molecule has 1 aromatic rings. The molecule has 0 amide bonds. The molecule has 1 N–H and O–H groups in total. The maximum atomic E-state index is 11.6. The van der Waals surface area contributed by atoms with Crippen molar-refractivity contribution < 1.29 is 18.3 Å². The summed E-state index contributed by atoms with van der Waals surface area (Å²) in [6, 6.07) is 7.14. The van der Waals surface area contributed by atoms with Gasteiger partial charge in [-0.3, -0.25) is 4.79 Å². The van der Waals surface area contributed by atoms with Crippen LogP contribution in [-0.2, 0) is 21.1 Å². The summed E-state index contributed by atoms with van der Waals surface area (Å²) in [7, 11) is -3.27. The average molecular weight is 254 g/mol. The molecule has 0 radical (unpaired) electrons. The fourth-order valence-corrected chi connectivity index (χ4v) is 4.12. The standard InChI is InChI=1S/C12H14O4S/c1-2-8-3-5-9(6-4-8)11-10(12(13)14)7-17(11,15)16/h3-6,10-11H,2,7H2,1H3,(H,13,14). The summed E-state index contributed by atoms with van der Waals surface area (Å²) in [5.74, 6) is -2.08. The molecular formula is C12H14O4S. The minimum Gasteiger partial charge on any atom is -0.481 e. The fourth-order valence-electron chi connectivity index (χ4n) is 2.15. The van der Waals surface area contributed by atoms with E-state index in [1.54, 1.807) is 12.1 Å². The maximum Gasteiger partial charge on any atom is 0.309 e. The molecule has 1 heterocycles. The second kappa shape index (κ2) is 4.14. The third-order valence-corrected chi connectivity index (χ3v) is 5.40. The van der Waals surface area contributed by atoms with E-state index in [2.05, 4.69) is 0 Å². The third kappa shape index (κ3) is 2.07. The van der Waals surface area contributed by atoms with Crippen LogP contribution in [0.3, 0.4) is 0 Å². The number of hydrogen-bond donors (Lipinski definition) is 1. The quantitative estimate of drug-likeness (QED) is 0.885. The Hall–Kier alpha value is -1.36. The van der Waals surface area contributed by atoms with Crippen LogP contribution in [0.2, 0.25) is 0 Å². The van der Waals surface area contributed by atoms with E-state index in [-0.39, 0.29) is 5.75 Å². The summed E-state index contributed by atoms with van der Waals surface area (Å²) < 4.78 is 23.2. The van der Waals surface area contributed by atoms with E-state index >= 15 is 0 Å². The molecule has 5 heteroatoms. The van der Waals surface area contributed by atoms with Gasteiger partial charge in [-0.15, -0.1) is 0 Å². The zero-order valence-corrected chi connectivity index (χ0v) is 10.3. The summed E-state index contributed by atoms with van der Waals surface area (Å²) in [6.45, 7) is 2.01. The minimum atomic E-state index is -3.27. The summed E-state index contributed by atoms with van der Waals surface area (Å²) >= 11 is 0. The number of sulfone groups is 1. The third-order valence-electron chi connectivity index (χ3n) is 3.20. The second-order valence-corrected chi connectivity index (χ2v) is 6.46. The van der Waals surface area contributed by atoms with Gasteiger partial charge in [-0.25, -0.2) is 8.42 Å². The highest BCUT2D eigenvalue weighted by atomic mass is 32.2. The molecule has 2 unspecified atom stereocenters. The van der Waals surface area contributed by atoms with E-state index in [1.807, 2.05) is 19.1 Å². The minimum absolute atomic E-state index is 0.247. The molecule has 1 aliphatic heterocycles. The van der Waals surface area contributed by atoms with Gasteiger partial charge in [0.15, 0.2) is 9.84 Å². The number of carbonyl (C=O) groups is 1. The number of rotatable bonds is 3. The van der Waals surface area contributed by atoms with Gasteiger partial charge in [-0.2, -0.15) is 0 Å². The van der Waals surface area contributed by atoms with Crippen LogP contribution in [0.5, 0.6) is 0 Å². The van der Waals surface area contributed by atoms with Crippen molar-refractivity contribution in [3.05, 3.63) is 35.4 Å². The molecule has 0 aliphatic carbocycles. The summed E-state index contributed by atoms with van der Waals surface area (Å²) in [5, 5.41) is 8.06. The molecule has 0 spiro atoms. The molecule has 4 nitrogen and oxygen atoms in total. The first kappa shape index (κ1) is 12.1. The van der Waals surface area contributed by atoms with Crippen molar-refractivity contribution in [2.45, 2.75) is 18.6 Å². The van der Waals surface area contributed by atoms with Crippen molar-refractivity contribution >= 4 is 15.8 Å². The van der Waals surface area contributed by atoms with E-state index < -0.39 is 27.0 Å². The number of aryl methyl sites for hydroxylation is 1. The topological polar surface area (TPSA) is 71.4 Å². The zero-order valence-electron chi connectivity index (χ0n) is 9.46. The number of carboxylic acid groups (broad SMARTS) is 1. The Morgan fingerprint density at radius 3 is 2.35 bits per heavy atom. The first-order valence-corrected chi connectivity index (χ1v) is 7.20. The van der Waals surface area contributed by atoms with E-state index in [1.165, 1.54) is 0 Å². The van der Waals surface area contributed by atoms with Crippen LogP contribution in [0.25, 0.3) is 0 Å². The lowest BCUT2D eigenvalue weighted by Gasteiger charge is -2.33. The molecule has 17 heavy (non-hydrogen) atoms. The van der Waals surface area contributed by atoms with Gasteiger partial charge in [0.1, 0.15) is 5.25 Å². The lowest BCUT2D eigenvalue weighted by molar-refractivity contribution is -0.141. The molecule has 0 aromatic heterocycles. The van der Waals surface area contributed by atoms with Crippen LogP contribution >= 0.6 is 0 Å². The van der Waals surface area contributed by atoms with Crippen molar-refractivity contribution in [2.75, 3.05) is 5.75 Å². The SMILES string of the molecule is CCc1ccc(C2C(C(=O)O)CS2(=O)=O)cc1. The van der Waals surface area contributed by atoms with Gasteiger partial charge < -0.3 is 5.11 Å². The van der Waals surface area contributed by atoms with Gasteiger partial charge in [-0.1, -0.05) is 31.2 Å². The first-order chi connectivity index (χ1) is 7.95. The van der Waals surface area contributed by atoms with Crippen molar-refractivity contribution in [1.82, 2.24) is 0 Å². The highest BCUT2D eigenvalue weighted by molar-refractivity contribution is 7.93. The second-order valence-electron chi connectivity index (χ2n) is 4.29. The molecule has 0 saturated carbocycles. The number of carboxylic acids is 1. The van der Waals surface area contributed by atoms with E-state index in [4.69, 9.17) is 5.11 Å². The van der Waals surface area contributed by atoms with Gasteiger partial charge in [0.25, 0.3) is 0 Å². The fraction of sp³-hybridized carbons (Fsp3) is 0.417. The summed E-state index contributed by atoms with van der Waals surface area (Å²) in [4.78, 5) is 10.9. The predicted molar refractivity (Wildman–Crippen MR) is 63.5 cm³/mol. The van der Waals surface area contributed by atoms with Gasteiger partial charge in [0.05, 0.1) is 11.7 Å². The van der Waals surface area contributed by atoms with Crippen molar-refractivity contribution in [1.29, 1.82) is 0 Å². The first-order valence-electron chi connectivity index (χ1n) is 5.49. The number of benzene rings is 1. The average Bonchev–Trinajstić information content (AvgIpc) is 2.27. The molecule has 1 saturated heterocycles. The summed E-state index contributed by atoms with van der Waals surface area (Å²) in [5.41, 5.74) is 1.69. The van der Waals surface area contributed by atoms with Gasteiger partial charge in [-0.05, 0) is 17.5 Å². The van der Waals surface area contributed by atoms with Gasteiger partial charge >= 0.3 is 5.97 Å². The molecule has 1 aliphatic rings. The van der Waals surface area contributed by atoms with Crippen LogP contribution in [-0.4, -0.2) is 25.2 Å². The number of hydrogen-bond acceptors (Lipinski definition) is 3. The van der Waals surface area contributed by atoms with Crippen LogP contribution in [0.4, 0.5) is 0 Å². The predicted octanol–water partition coefficient (Wildman–Crippen LogP) is 1.42. The molecule has 1 aromatic carbocycles. The van der Waals surface area contributed by atoms with Crippen LogP contribution < -0.4 is 0 Å². The lowest BCUT2D eigenvalue weighted by Crippen LogP contribution is -2.44. The number of aliphatic carboxylic acids is 1. The smallest absolute Gasteiger partial charge is 0.309 e. The normalized spacial score (nSPS) is 26.2. The van der Waals surface area contributed by atoms with Crippen molar-refractivity contribution in [2.24, 2.45) is 5.92 Å². The molecule has 2 atom stereocenters. The van der Waals surface area contributed by atoms with E-state index in [9.17, 15) is 13.2 Å². The molecule has 2 rings (SSSR count). The van der Waals surface area contributed by atoms with Crippen LogP contribution in [0, 0.1) is 5.92 Å².